The third-order valence-corrected chi connectivity index (χ3v) is 5.95. The average Bonchev–Trinajstić information content (AvgIpc) is 3.48. The number of halogens is 2. The van der Waals surface area contributed by atoms with E-state index in [-0.39, 0.29) is 23.9 Å². The molecule has 1 aromatic carbocycles. The Morgan fingerprint density at radius 1 is 1.00 bits per heavy atom. The molecule has 196 valence electrons. The highest BCUT2D eigenvalue weighted by Crippen LogP contribution is 2.36. The van der Waals surface area contributed by atoms with Gasteiger partial charge in [0.25, 0.3) is 0 Å². The molecule has 14 heteroatoms. The largest absolute Gasteiger partial charge is 0.462 e. The molecule has 5 aromatic rings. The Kier molecular flexibility index (Phi) is 7.63. The maximum absolute atomic E-state index is 13.8. The number of ether oxygens (including phenoxy) is 2. The number of aromatic amines is 1. The topological polar surface area (TPSA) is 141 Å². The Labute approximate surface area is 224 Å². The molecule has 0 amide bonds. The van der Waals surface area contributed by atoms with Gasteiger partial charge in [0.15, 0.2) is 29.0 Å². The van der Waals surface area contributed by atoms with E-state index in [1.807, 2.05) is 0 Å². The molecule has 0 aliphatic rings. The van der Waals surface area contributed by atoms with Crippen molar-refractivity contribution in [3.05, 3.63) is 84.3 Å². The summed E-state index contributed by atoms with van der Waals surface area (Å²) in [6, 6.07) is 11.6. The molecule has 0 aliphatic carbocycles. The molecule has 0 atom stereocenters. The van der Waals surface area contributed by atoms with Gasteiger partial charge in [-0.25, -0.2) is 33.6 Å². The molecule has 0 unspecified atom stereocenters. The number of tetrazole rings is 1. The molecule has 11 nitrogen and oxygen atoms in total. The summed E-state index contributed by atoms with van der Waals surface area (Å²) in [6.45, 7) is 1.99. The number of hydrogen-bond acceptors (Lipinski definition) is 11. The molecule has 0 bridgehead atoms. The highest BCUT2D eigenvalue weighted by molar-refractivity contribution is 7.99. The summed E-state index contributed by atoms with van der Waals surface area (Å²) in [4.78, 5) is 25.6. The first-order chi connectivity index (χ1) is 19.0. The van der Waals surface area contributed by atoms with Crippen LogP contribution in [0.3, 0.4) is 0 Å². The first-order valence-corrected chi connectivity index (χ1v) is 12.2. The zero-order chi connectivity index (χ0) is 27.2. The van der Waals surface area contributed by atoms with Crippen LogP contribution >= 0.6 is 11.8 Å². The smallest absolute Gasteiger partial charge is 0.339 e. The fourth-order valence-electron chi connectivity index (χ4n) is 3.23. The second-order valence-electron chi connectivity index (χ2n) is 7.71. The Morgan fingerprint density at radius 2 is 1.90 bits per heavy atom. The van der Waals surface area contributed by atoms with Gasteiger partial charge in [0.05, 0.1) is 12.2 Å². The van der Waals surface area contributed by atoms with Crippen LogP contribution in [0, 0.1) is 11.6 Å². The van der Waals surface area contributed by atoms with Crippen LogP contribution in [0.2, 0.25) is 0 Å². The van der Waals surface area contributed by atoms with Gasteiger partial charge in [-0.3, -0.25) is 0 Å². The third-order valence-electron chi connectivity index (χ3n) is 5.05. The Morgan fingerprint density at radius 3 is 2.59 bits per heavy atom. The second kappa shape index (κ2) is 11.6. The van der Waals surface area contributed by atoms with Gasteiger partial charge in [-0.2, -0.15) is 0 Å². The summed E-state index contributed by atoms with van der Waals surface area (Å²) < 4.78 is 38.1. The maximum Gasteiger partial charge on any atom is 0.339 e. The number of carbonyl (C=O) groups excluding carboxylic acids is 1. The van der Waals surface area contributed by atoms with Crippen LogP contribution in [0.4, 0.5) is 20.4 Å². The number of anilines is 2. The summed E-state index contributed by atoms with van der Waals surface area (Å²) in [6.07, 6.45) is 4.57. The summed E-state index contributed by atoms with van der Waals surface area (Å²) in [7, 11) is 0. The van der Waals surface area contributed by atoms with Crippen molar-refractivity contribution in [3.8, 4) is 22.9 Å². The van der Waals surface area contributed by atoms with Crippen molar-refractivity contribution in [2.75, 3.05) is 11.9 Å². The zero-order valence-corrected chi connectivity index (χ0v) is 20.9. The summed E-state index contributed by atoms with van der Waals surface area (Å²) in [5.41, 5.74) is 1.00. The number of benzene rings is 1. The zero-order valence-electron chi connectivity index (χ0n) is 20.1. The number of pyridine rings is 3. The van der Waals surface area contributed by atoms with Crippen LogP contribution in [-0.2, 0) is 4.74 Å². The summed E-state index contributed by atoms with van der Waals surface area (Å²) >= 11 is 1.26. The molecule has 4 aromatic heterocycles. The van der Waals surface area contributed by atoms with Crippen molar-refractivity contribution in [2.45, 2.75) is 16.8 Å². The van der Waals surface area contributed by atoms with Crippen LogP contribution in [0.25, 0.3) is 11.4 Å². The number of aromatic nitrogens is 7. The van der Waals surface area contributed by atoms with Gasteiger partial charge in [-0.1, -0.05) is 11.8 Å². The number of nitrogens with zero attached hydrogens (tertiary/aromatic N) is 6. The lowest BCUT2D eigenvalue weighted by Crippen LogP contribution is -2.04. The van der Waals surface area contributed by atoms with E-state index in [9.17, 15) is 13.6 Å². The molecule has 0 fully saturated rings. The van der Waals surface area contributed by atoms with Crippen molar-refractivity contribution < 1.29 is 23.0 Å². The molecule has 39 heavy (non-hydrogen) atoms. The fourth-order valence-corrected chi connectivity index (χ4v) is 3.98. The standard InChI is InChI=1S/C25H18F2N8O3S/c1-2-37-25(36)15-4-8-22(29-12-15)39-17-10-20(38-16-5-6-18(26)19(27)9-16)24(30-13-17)31-21-7-3-14(11-28-21)23-32-34-35-33-23/h3-13H,2H2,1H3,(H,28,30,31)(H,32,33,34,35). The quantitative estimate of drug-likeness (QED) is 0.235. The monoisotopic (exact) mass is 548 g/mol. The summed E-state index contributed by atoms with van der Waals surface area (Å²) in [5, 5.41) is 17.2. The Balaban J connectivity index is 1.40. The number of nitrogens with one attached hydrogen (secondary N) is 2. The van der Waals surface area contributed by atoms with E-state index < -0.39 is 17.6 Å². The predicted octanol–water partition coefficient (Wildman–Crippen LogP) is 5.19. The lowest BCUT2D eigenvalue weighted by atomic mass is 10.2. The van der Waals surface area contributed by atoms with Crippen LogP contribution in [-0.4, -0.2) is 48.2 Å². The summed E-state index contributed by atoms with van der Waals surface area (Å²) in [5.74, 6) is -1.04. The Hall–Kier alpha value is -4.98. The van der Waals surface area contributed by atoms with Crippen LogP contribution < -0.4 is 10.1 Å². The van der Waals surface area contributed by atoms with Crippen molar-refractivity contribution in [1.29, 1.82) is 0 Å². The number of H-pyrrole nitrogens is 1. The molecule has 0 saturated carbocycles. The van der Waals surface area contributed by atoms with E-state index >= 15 is 0 Å². The van der Waals surface area contributed by atoms with Gasteiger partial charge in [0.1, 0.15) is 16.6 Å². The van der Waals surface area contributed by atoms with E-state index in [2.05, 4.69) is 40.9 Å². The highest BCUT2D eigenvalue weighted by Gasteiger charge is 2.14. The van der Waals surface area contributed by atoms with E-state index in [4.69, 9.17) is 9.47 Å². The van der Waals surface area contributed by atoms with Crippen LogP contribution in [0.15, 0.2) is 77.0 Å². The van der Waals surface area contributed by atoms with Crippen molar-refractivity contribution >= 4 is 29.4 Å². The molecule has 5 rings (SSSR count). The number of esters is 1. The number of hydrogen-bond donors (Lipinski definition) is 2. The van der Waals surface area contributed by atoms with E-state index in [0.29, 0.717) is 32.7 Å². The van der Waals surface area contributed by atoms with Crippen LogP contribution in [0.1, 0.15) is 17.3 Å². The van der Waals surface area contributed by atoms with Gasteiger partial charge < -0.3 is 14.8 Å². The van der Waals surface area contributed by atoms with Crippen LogP contribution in [0.5, 0.6) is 11.5 Å². The minimum absolute atomic E-state index is 0.0685. The number of rotatable bonds is 9. The van der Waals surface area contributed by atoms with E-state index in [0.717, 1.165) is 12.1 Å². The van der Waals surface area contributed by atoms with Crippen molar-refractivity contribution in [2.24, 2.45) is 0 Å². The molecular formula is C25H18F2N8O3S. The predicted molar refractivity (Wildman–Crippen MR) is 136 cm³/mol. The normalized spacial score (nSPS) is 10.7. The van der Waals surface area contributed by atoms with Gasteiger partial charge in [-0.05, 0) is 53.7 Å². The molecule has 0 spiro atoms. The average molecular weight is 549 g/mol. The van der Waals surface area contributed by atoms with Crippen molar-refractivity contribution in [3.63, 3.8) is 0 Å². The van der Waals surface area contributed by atoms with Gasteiger partial charge in [0.2, 0.25) is 0 Å². The highest BCUT2D eigenvalue weighted by atomic mass is 32.2. The van der Waals surface area contributed by atoms with E-state index in [1.54, 1.807) is 49.6 Å². The lowest BCUT2D eigenvalue weighted by molar-refractivity contribution is 0.0525. The number of carbonyl (C=O) groups is 1. The second-order valence-corrected chi connectivity index (χ2v) is 8.80. The van der Waals surface area contributed by atoms with Crippen molar-refractivity contribution in [1.82, 2.24) is 35.6 Å². The minimum Gasteiger partial charge on any atom is -0.462 e. The minimum atomic E-state index is -1.05. The molecule has 0 aliphatic heterocycles. The molecule has 0 radical (unpaired) electrons. The molecule has 4 heterocycles. The molecular weight excluding hydrogens is 530 g/mol. The third kappa shape index (κ3) is 6.30. The molecule has 2 N–H and O–H groups in total. The Bertz CT molecular complexity index is 1590. The first-order valence-electron chi connectivity index (χ1n) is 11.4. The van der Waals surface area contributed by atoms with Gasteiger partial charge in [-0.15, -0.1) is 5.10 Å². The fraction of sp³-hybridized carbons (Fsp3) is 0.0800. The van der Waals surface area contributed by atoms with Gasteiger partial charge in [0, 0.05) is 41.2 Å². The maximum atomic E-state index is 13.8. The van der Waals surface area contributed by atoms with E-state index in [1.165, 1.54) is 24.0 Å². The van der Waals surface area contributed by atoms with Gasteiger partial charge >= 0.3 is 5.97 Å². The lowest BCUT2D eigenvalue weighted by Gasteiger charge is -2.13. The first kappa shape index (κ1) is 25.7. The molecule has 0 saturated heterocycles. The SMILES string of the molecule is CCOC(=O)c1ccc(Sc2cnc(Nc3ccc(-c4nnn[nH]4)cn3)c(Oc3ccc(F)c(F)c3)c2)nc1.